The molecule has 5 heteroatoms. The van der Waals surface area contributed by atoms with Crippen molar-refractivity contribution in [1.29, 1.82) is 0 Å². The van der Waals surface area contributed by atoms with Crippen molar-refractivity contribution in [1.82, 2.24) is 0 Å². The molecule has 0 aromatic carbocycles. The van der Waals surface area contributed by atoms with Crippen LogP contribution in [-0.2, 0) is 9.59 Å². The minimum Gasteiger partial charge on any atom is -0.481 e. The first-order valence-corrected chi connectivity index (χ1v) is 4.48. The van der Waals surface area contributed by atoms with E-state index in [4.69, 9.17) is 14.6 Å². The molecule has 15 heavy (non-hydrogen) atoms. The molecule has 0 bridgehead atoms. The van der Waals surface area contributed by atoms with Crippen LogP contribution >= 0.6 is 0 Å². The first-order chi connectivity index (χ1) is 7.00. The fraction of sp³-hybridized carbons (Fsp3) is 0.400. The number of rotatable bonds is 5. The van der Waals surface area contributed by atoms with E-state index in [0.717, 1.165) is 0 Å². The van der Waals surface area contributed by atoms with Crippen LogP contribution in [0.15, 0.2) is 16.7 Å². The minimum absolute atomic E-state index is 0.202. The van der Waals surface area contributed by atoms with Crippen LogP contribution in [0, 0.1) is 6.92 Å². The van der Waals surface area contributed by atoms with Crippen LogP contribution in [0.5, 0.6) is 0 Å². The van der Waals surface area contributed by atoms with Crippen molar-refractivity contribution in [3.63, 3.8) is 0 Å². The van der Waals surface area contributed by atoms with Crippen LogP contribution in [0.25, 0.3) is 0 Å². The summed E-state index contributed by atoms with van der Waals surface area (Å²) in [7, 11) is 0. The zero-order chi connectivity index (χ0) is 11.4. The van der Waals surface area contributed by atoms with Crippen LogP contribution in [-0.4, -0.2) is 22.2 Å². The second kappa shape index (κ2) is 4.63. The van der Waals surface area contributed by atoms with Gasteiger partial charge in [-0.05, 0) is 18.6 Å². The number of hydrogen-bond donors (Lipinski definition) is 2. The zero-order valence-electron chi connectivity index (χ0n) is 8.27. The van der Waals surface area contributed by atoms with E-state index in [1.165, 1.54) is 6.26 Å². The SMILES string of the molecule is Cc1occc1C(CC(=O)O)CC(=O)O. The maximum atomic E-state index is 10.6. The lowest BCUT2D eigenvalue weighted by Gasteiger charge is -2.10. The van der Waals surface area contributed by atoms with E-state index < -0.39 is 17.9 Å². The highest BCUT2D eigenvalue weighted by molar-refractivity contribution is 5.72. The summed E-state index contributed by atoms with van der Waals surface area (Å²) in [5, 5.41) is 17.3. The van der Waals surface area contributed by atoms with Crippen LogP contribution in [0.3, 0.4) is 0 Å². The lowest BCUT2D eigenvalue weighted by molar-refractivity contribution is -0.139. The van der Waals surface area contributed by atoms with Gasteiger partial charge in [-0.25, -0.2) is 0 Å². The normalized spacial score (nSPS) is 10.5. The first-order valence-electron chi connectivity index (χ1n) is 4.48. The predicted octanol–water partition coefficient (Wildman–Crippen LogP) is 1.62. The molecule has 0 saturated heterocycles. The predicted molar refractivity (Wildman–Crippen MR) is 50.7 cm³/mol. The molecule has 0 fully saturated rings. The quantitative estimate of drug-likeness (QED) is 0.774. The van der Waals surface area contributed by atoms with Gasteiger partial charge >= 0.3 is 11.9 Å². The van der Waals surface area contributed by atoms with Gasteiger partial charge in [0.2, 0.25) is 0 Å². The third-order valence-electron chi connectivity index (χ3n) is 2.18. The van der Waals surface area contributed by atoms with E-state index in [0.29, 0.717) is 11.3 Å². The van der Waals surface area contributed by atoms with Gasteiger partial charge in [0.15, 0.2) is 0 Å². The molecule has 0 unspecified atom stereocenters. The van der Waals surface area contributed by atoms with Crippen molar-refractivity contribution in [2.75, 3.05) is 0 Å². The summed E-state index contributed by atoms with van der Waals surface area (Å²) >= 11 is 0. The summed E-state index contributed by atoms with van der Waals surface area (Å²) in [6.07, 6.45) is 1.03. The molecule has 0 aliphatic rings. The molecule has 1 aromatic rings. The Kier molecular flexibility index (Phi) is 3.49. The lowest BCUT2D eigenvalue weighted by Crippen LogP contribution is -2.11. The molecule has 0 amide bonds. The zero-order valence-corrected chi connectivity index (χ0v) is 8.27. The highest BCUT2D eigenvalue weighted by Crippen LogP contribution is 2.27. The lowest BCUT2D eigenvalue weighted by atomic mass is 9.93. The van der Waals surface area contributed by atoms with Gasteiger partial charge in [0.25, 0.3) is 0 Å². The number of carboxylic acids is 2. The maximum Gasteiger partial charge on any atom is 0.303 e. The second-order valence-electron chi connectivity index (χ2n) is 3.32. The number of carbonyl (C=O) groups is 2. The molecule has 1 heterocycles. The molecule has 0 saturated carbocycles. The Hall–Kier alpha value is -1.78. The standard InChI is InChI=1S/C10H12O5/c1-6-8(2-3-15-6)7(4-9(11)12)5-10(13)14/h2-3,7H,4-5H2,1H3,(H,11,12)(H,13,14). The molecular formula is C10H12O5. The number of aryl methyl sites for hydroxylation is 1. The Morgan fingerprint density at radius 1 is 1.33 bits per heavy atom. The van der Waals surface area contributed by atoms with Gasteiger partial charge in [0.1, 0.15) is 5.76 Å². The summed E-state index contributed by atoms with van der Waals surface area (Å²) < 4.78 is 5.02. The molecule has 0 aliphatic heterocycles. The number of furan rings is 1. The molecule has 82 valence electrons. The number of carboxylic acid groups (broad SMARTS) is 2. The topological polar surface area (TPSA) is 87.7 Å². The van der Waals surface area contributed by atoms with Crippen molar-refractivity contribution >= 4 is 11.9 Å². The van der Waals surface area contributed by atoms with Crippen LogP contribution < -0.4 is 0 Å². The Morgan fingerprint density at radius 2 is 1.87 bits per heavy atom. The first kappa shape index (κ1) is 11.3. The van der Waals surface area contributed by atoms with Crippen molar-refractivity contribution in [3.8, 4) is 0 Å². The summed E-state index contributed by atoms with van der Waals surface area (Å²) in [6, 6.07) is 1.62. The molecule has 1 aromatic heterocycles. The van der Waals surface area contributed by atoms with E-state index in [1.807, 2.05) is 0 Å². The fourth-order valence-electron chi connectivity index (χ4n) is 1.53. The van der Waals surface area contributed by atoms with Gasteiger partial charge < -0.3 is 14.6 Å². The average molecular weight is 212 g/mol. The Labute approximate surface area is 86.3 Å². The van der Waals surface area contributed by atoms with Gasteiger partial charge in [0.05, 0.1) is 19.1 Å². The Balaban J connectivity index is 2.85. The molecular weight excluding hydrogens is 200 g/mol. The van der Waals surface area contributed by atoms with Crippen molar-refractivity contribution in [2.24, 2.45) is 0 Å². The molecule has 5 nitrogen and oxygen atoms in total. The van der Waals surface area contributed by atoms with Gasteiger partial charge in [-0.15, -0.1) is 0 Å². The second-order valence-corrected chi connectivity index (χ2v) is 3.32. The van der Waals surface area contributed by atoms with Crippen LogP contribution in [0.2, 0.25) is 0 Å². The van der Waals surface area contributed by atoms with Gasteiger partial charge in [-0.1, -0.05) is 0 Å². The van der Waals surface area contributed by atoms with Crippen LogP contribution in [0.1, 0.15) is 30.1 Å². The summed E-state index contributed by atoms with van der Waals surface area (Å²) in [5.41, 5.74) is 0.653. The summed E-state index contributed by atoms with van der Waals surface area (Å²) in [4.78, 5) is 21.1. The summed E-state index contributed by atoms with van der Waals surface area (Å²) in [6.45, 7) is 1.69. The smallest absolute Gasteiger partial charge is 0.303 e. The Morgan fingerprint density at radius 3 is 2.20 bits per heavy atom. The molecule has 0 atom stereocenters. The highest BCUT2D eigenvalue weighted by atomic mass is 16.4. The maximum absolute atomic E-state index is 10.6. The van der Waals surface area contributed by atoms with E-state index in [-0.39, 0.29) is 12.8 Å². The van der Waals surface area contributed by atoms with E-state index in [9.17, 15) is 9.59 Å². The van der Waals surface area contributed by atoms with Crippen molar-refractivity contribution < 1.29 is 24.2 Å². The van der Waals surface area contributed by atoms with Crippen molar-refractivity contribution in [3.05, 3.63) is 23.7 Å². The molecule has 0 radical (unpaired) electrons. The Bertz CT molecular complexity index is 350. The largest absolute Gasteiger partial charge is 0.481 e. The summed E-state index contributed by atoms with van der Waals surface area (Å²) in [5.74, 6) is -1.98. The average Bonchev–Trinajstić information content (AvgIpc) is 2.48. The van der Waals surface area contributed by atoms with Gasteiger partial charge in [-0.2, -0.15) is 0 Å². The number of hydrogen-bond acceptors (Lipinski definition) is 3. The van der Waals surface area contributed by atoms with Crippen LogP contribution in [0.4, 0.5) is 0 Å². The van der Waals surface area contributed by atoms with E-state index >= 15 is 0 Å². The third-order valence-corrected chi connectivity index (χ3v) is 2.18. The third kappa shape index (κ3) is 3.12. The monoisotopic (exact) mass is 212 g/mol. The van der Waals surface area contributed by atoms with E-state index in [2.05, 4.69) is 0 Å². The number of aliphatic carboxylic acids is 2. The molecule has 2 N–H and O–H groups in total. The van der Waals surface area contributed by atoms with Crippen molar-refractivity contribution in [2.45, 2.75) is 25.7 Å². The molecule has 0 spiro atoms. The van der Waals surface area contributed by atoms with E-state index in [1.54, 1.807) is 13.0 Å². The molecule has 1 rings (SSSR count). The highest BCUT2D eigenvalue weighted by Gasteiger charge is 2.21. The minimum atomic E-state index is -1.01. The fourth-order valence-corrected chi connectivity index (χ4v) is 1.53. The van der Waals surface area contributed by atoms with Gasteiger partial charge in [-0.3, -0.25) is 9.59 Å². The molecule has 0 aliphatic carbocycles. The van der Waals surface area contributed by atoms with Gasteiger partial charge in [0, 0.05) is 5.92 Å².